The van der Waals surface area contributed by atoms with Gasteiger partial charge >= 0.3 is 0 Å². The van der Waals surface area contributed by atoms with E-state index in [4.69, 9.17) is 9.47 Å². The van der Waals surface area contributed by atoms with Gasteiger partial charge in [0, 0.05) is 6.61 Å². The zero-order valence-corrected chi connectivity index (χ0v) is 11.4. The van der Waals surface area contributed by atoms with Gasteiger partial charge < -0.3 is 9.47 Å². The summed E-state index contributed by atoms with van der Waals surface area (Å²) in [5, 5.41) is -1.21. The topological polar surface area (TPSA) is 21.8 Å². The highest BCUT2D eigenvalue weighted by Crippen LogP contribution is 2.26. The molecule has 1 aliphatic rings. The Kier molecular flexibility index (Phi) is 4.75. The summed E-state index contributed by atoms with van der Waals surface area (Å²) in [6, 6.07) is 1.21. The quantitative estimate of drug-likeness (QED) is 0.325. The maximum absolute atomic E-state index is 5.41. The highest BCUT2D eigenvalue weighted by atomic mass is 79.9. The second kappa shape index (κ2) is 5.10. The average molecular weight is 318 g/mol. The Labute approximate surface area is 90.2 Å². The molecule has 72 valence electrons. The summed E-state index contributed by atoms with van der Waals surface area (Å²) in [6.45, 7) is 4.77. The molecule has 12 heavy (non-hydrogen) atoms. The Morgan fingerprint density at radius 1 is 1.58 bits per heavy atom. The zero-order chi connectivity index (χ0) is 9.03. The third-order valence-corrected chi connectivity index (χ3v) is 5.22. The highest BCUT2D eigenvalue weighted by molar-refractivity contribution is 9.51. The molecule has 1 aliphatic heterocycles. The average Bonchev–Trinajstić information content (AvgIpc) is 2.68. The van der Waals surface area contributed by atoms with Crippen molar-refractivity contribution in [3.05, 3.63) is 0 Å². The van der Waals surface area contributed by atoms with Crippen molar-refractivity contribution in [2.24, 2.45) is 0 Å². The van der Waals surface area contributed by atoms with Crippen molar-refractivity contribution in [1.29, 1.82) is 0 Å². The first-order valence-corrected chi connectivity index (χ1v) is 11.4. The Hall–Kier alpha value is 1.10. The van der Waals surface area contributed by atoms with Gasteiger partial charge in [0.2, 0.25) is 0 Å². The first-order chi connectivity index (χ1) is 5.58. The largest absolute Gasteiger partial charge is 0.379 e. The van der Waals surface area contributed by atoms with Gasteiger partial charge in [-0.1, -0.05) is 6.55 Å². The van der Waals surface area contributed by atoms with Crippen LogP contribution in [-0.2, 0) is 9.47 Å². The van der Waals surface area contributed by atoms with E-state index in [1.165, 1.54) is 6.04 Å². The van der Waals surface area contributed by atoms with Gasteiger partial charge in [-0.2, -0.15) is 0 Å². The molecule has 1 fully saturated rings. The fraction of sp³-hybridized carbons (Fsp3) is 1.00. The lowest BCUT2D eigenvalue weighted by molar-refractivity contribution is 0.117. The number of halogens is 2. The van der Waals surface area contributed by atoms with Crippen LogP contribution in [0.25, 0.3) is 0 Å². The van der Waals surface area contributed by atoms with Gasteiger partial charge in [-0.05, 0) is 12.5 Å². The van der Waals surface area contributed by atoms with Crippen molar-refractivity contribution < 1.29 is 9.47 Å². The summed E-state index contributed by atoms with van der Waals surface area (Å²) < 4.78 is 10.4. The summed E-state index contributed by atoms with van der Waals surface area (Å²) in [5.41, 5.74) is 0. The van der Waals surface area contributed by atoms with E-state index in [0.29, 0.717) is 6.10 Å². The molecule has 1 atom stereocenters. The van der Waals surface area contributed by atoms with Crippen LogP contribution in [0.1, 0.15) is 6.42 Å². The first-order valence-electron chi connectivity index (χ1n) is 4.15. The van der Waals surface area contributed by atoms with Crippen molar-refractivity contribution in [1.82, 2.24) is 0 Å². The number of ether oxygens (including phenoxy) is 2. The Balaban J connectivity index is 1.82. The summed E-state index contributed by atoms with van der Waals surface area (Å²) in [5.74, 6) is 0. The van der Waals surface area contributed by atoms with Crippen LogP contribution in [0.4, 0.5) is 0 Å². The molecule has 0 aliphatic carbocycles. The molecule has 0 N–H and O–H groups in total. The van der Waals surface area contributed by atoms with E-state index < -0.39 is 5.31 Å². The van der Waals surface area contributed by atoms with E-state index in [1.54, 1.807) is 0 Å². The van der Waals surface area contributed by atoms with Crippen LogP contribution in [0.3, 0.4) is 0 Å². The number of rotatable bonds is 6. The molecule has 0 aromatic heterocycles. The van der Waals surface area contributed by atoms with Crippen molar-refractivity contribution in [2.45, 2.75) is 25.1 Å². The van der Waals surface area contributed by atoms with Crippen molar-refractivity contribution >= 4 is 35.9 Å². The molecule has 1 saturated heterocycles. The normalized spacial score (nSPS) is 22.8. The SMILES string of the molecule is C[Si](Br)(Br)CCCOCC1CO1. The molecule has 0 aromatic rings. The number of hydrogen-bond acceptors (Lipinski definition) is 2. The second-order valence-electron chi connectivity index (χ2n) is 3.20. The van der Waals surface area contributed by atoms with Crippen LogP contribution in [0.5, 0.6) is 0 Å². The van der Waals surface area contributed by atoms with Gasteiger partial charge in [0.05, 0.1) is 13.2 Å². The standard InChI is InChI=1S/C7H14Br2O2Si/c1-12(8,9)4-2-3-10-5-7-6-11-7/h7H,2-6H2,1H3. The molecule has 1 heterocycles. The highest BCUT2D eigenvalue weighted by Gasteiger charge is 2.22. The lowest BCUT2D eigenvalue weighted by atomic mass is 10.5. The van der Waals surface area contributed by atoms with E-state index in [0.717, 1.165) is 26.2 Å². The number of hydrogen-bond donors (Lipinski definition) is 0. The maximum Gasteiger partial charge on any atom is 0.198 e. The predicted molar refractivity (Wildman–Crippen MR) is 59.5 cm³/mol. The van der Waals surface area contributed by atoms with Gasteiger partial charge in [-0.25, -0.2) is 0 Å². The smallest absolute Gasteiger partial charge is 0.198 e. The molecule has 1 unspecified atom stereocenters. The summed E-state index contributed by atoms with van der Waals surface area (Å²) in [4.78, 5) is 0. The summed E-state index contributed by atoms with van der Waals surface area (Å²) in [7, 11) is 0. The Morgan fingerprint density at radius 2 is 2.25 bits per heavy atom. The molecule has 0 spiro atoms. The lowest BCUT2D eigenvalue weighted by Gasteiger charge is -2.10. The Morgan fingerprint density at radius 3 is 2.75 bits per heavy atom. The molecule has 0 saturated carbocycles. The molecule has 0 aromatic carbocycles. The van der Waals surface area contributed by atoms with Crippen molar-refractivity contribution in [3.8, 4) is 0 Å². The maximum atomic E-state index is 5.41. The summed E-state index contributed by atoms with van der Waals surface area (Å²) in [6.07, 6.45) is 1.54. The van der Waals surface area contributed by atoms with E-state index in [9.17, 15) is 0 Å². The lowest BCUT2D eigenvalue weighted by Crippen LogP contribution is -2.12. The van der Waals surface area contributed by atoms with Gasteiger partial charge in [0.1, 0.15) is 6.10 Å². The van der Waals surface area contributed by atoms with Gasteiger partial charge in [-0.15, -0.1) is 30.6 Å². The van der Waals surface area contributed by atoms with Crippen LogP contribution in [0, 0.1) is 0 Å². The van der Waals surface area contributed by atoms with Gasteiger partial charge in [-0.3, -0.25) is 0 Å². The fourth-order valence-electron chi connectivity index (χ4n) is 0.864. The van der Waals surface area contributed by atoms with Crippen LogP contribution in [0.15, 0.2) is 0 Å². The summed E-state index contributed by atoms with van der Waals surface area (Å²) >= 11 is 7.29. The minimum absolute atomic E-state index is 0.404. The molecular formula is C7H14Br2O2Si. The van der Waals surface area contributed by atoms with Crippen molar-refractivity contribution in [3.63, 3.8) is 0 Å². The monoisotopic (exact) mass is 316 g/mol. The van der Waals surface area contributed by atoms with Gasteiger partial charge in [0.25, 0.3) is 0 Å². The molecule has 5 heteroatoms. The molecule has 1 rings (SSSR count). The minimum Gasteiger partial charge on any atom is -0.379 e. The zero-order valence-electron chi connectivity index (χ0n) is 7.19. The van der Waals surface area contributed by atoms with Crippen LogP contribution < -0.4 is 0 Å². The molecule has 0 radical (unpaired) electrons. The first kappa shape index (κ1) is 11.2. The van der Waals surface area contributed by atoms with E-state index >= 15 is 0 Å². The molecular weight excluding hydrogens is 304 g/mol. The van der Waals surface area contributed by atoms with E-state index in [1.807, 2.05) is 0 Å². The van der Waals surface area contributed by atoms with E-state index in [-0.39, 0.29) is 0 Å². The van der Waals surface area contributed by atoms with Crippen LogP contribution in [0.2, 0.25) is 12.6 Å². The van der Waals surface area contributed by atoms with Crippen LogP contribution >= 0.6 is 30.6 Å². The molecule has 2 nitrogen and oxygen atoms in total. The van der Waals surface area contributed by atoms with Crippen LogP contribution in [-0.4, -0.2) is 31.2 Å². The molecule has 0 bridgehead atoms. The van der Waals surface area contributed by atoms with Crippen molar-refractivity contribution in [2.75, 3.05) is 19.8 Å². The minimum atomic E-state index is -1.21. The third-order valence-electron chi connectivity index (χ3n) is 1.61. The van der Waals surface area contributed by atoms with Gasteiger partial charge in [0.15, 0.2) is 5.31 Å². The molecule has 0 amide bonds. The number of epoxide rings is 1. The predicted octanol–water partition coefficient (Wildman–Crippen LogP) is 2.65. The second-order valence-corrected chi connectivity index (χ2v) is 19.5. The third kappa shape index (κ3) is 6.60. The fourth-order valence-corrected chi connectivity index (χ4v) is 3.31. The Bertz CT molecular complexity index is 134. The van der Waals surface area contributed by atoms with E-state index in [2.05, 4.69) is 37.1 Å².